The molecular weight excluding hydrogens is 212 g/mol. The first-order valence-electron chi connectivity index (χ1n) is 4.93. The molecule has 0 fully saturated rings. The summed E-state index contributed by atoms with van der Waals surface area (Å²) in [6.45, 7) is 4.15. The molecule has 1 aromatic heterocycles. The lowest BCUT2D eigenvalue weighted by molar-refractivity contribution is -0.146. The molecule has 0 radical (unpaired) electrons. The van der Waals surface area contributed by atoms with Crippen LogP contribution in [0.3, 0.4) is 0 Å². The molecule has 0 aromatic carbocycles. The highest BCUT2D eigenvalue weighted by Crippen LogP contribution is 1.97. The summed E-state index contributed by atoms with van der Waals surface area (Å²) in [5, 5.41) is 18.6. The van der Waals surface area contributed by atoms with Crippen LogP contribution < -0.4 is 5.32 Å². The van der Waals surface area contributed by atoms with E-state index in [1.807, 2.05) is 6.92 Å². The Morgan fingerprint density at radius 1 is 1.62 bits per heavy atom. The number of nitrogens with zero attached hydrogens (tertiary/aromatic N) is 3. The second-order valence-corrected chi connectivity index (χ2v) is 3.31. The van der Waals surface area contributed by atoms with Crippen LogP contribution in [0.1, 0.15) is 19.7 Å². The third-order valence-corrected chi connectivity index (χ3v) is 2.22. The average Bonchev–Trinajstić information content (AvgIpc) is 2.71. The van der Waals surface area contributed by atoms with Crippen LogP contribution in [0.2, 0.25) is 0 Å². The summed E-state index contributed by atoms with van der Waals surface area (Å²) in [6.07, 6.45) is 1.56. The Bertz CT molecular complexity index is 388. The molecule has 0 aliphatic rings. The van der Waals surface area contributed by atoms with Crippen LogP contribution in [0.5, 0.6) is 0 Å². The normalized spacial score (nSPS) is 12.1. The summed E-state index contributed by atoms with van der Waals surface area (Å²) in [4.78, 5) is 21.9. The van der Waals surface area contributed by atoms with Gasteiger partial charge in [-0.15, -0.1) is 10.2 Å². The van der Waals surface area contributed by atoms with Crippen LogP contribution >= 0.6 is 0 Å². The van der Waals surface area contributed by atoms with Crippen molar-refractivity contribution in [3.63, 3.8) is 0 Å². The standard InChI is InChI=1S/C9H14N4O3/c1-3-13-5-11-12-7(13)4-10-8(14)6(2)9(15)16/h5-6H,3-4H2,1-2H3,(H,10,14)(H,15,16). The number of hydrogen-bond donors (Lipinski definition) is 2. The van der Waals surface area contributed by atoms with Crippen molar-refractivity contribution in [2.75, 3.05) is 0 Å². The van der Waals surface area contributed by atoms with Crippen molar-refractivity contribution < 1.29 is 14.7 Å². The van der Waals surface area contributed by atoms with Crippen LogP contribution in [-0.2, 0) is 22.7 Å². The first-order valence-corrected chi connectivity index (χ1v) is 4.93. The van der Waals surface area contributed by atoms with Gasteiger partial charge in [-0.1, -0.05) is 0 Å². The zero-order valence-corrected chi connectivity index (χ0v) is 9.17. The van der Waals surface area contributed by atoms with Gasteiger partial charge in [-0.2, -0.15) is 0 Å². The second-order valence-electron chi connectivity index (χ2n) is 3.31. The fraction of sp³-hybridized carbons (Fsp3) is 0.556. The number of carbonyl (C=O) groups is 2. The molecule has 7 heteroatoms. The molecule has 0 spiro atoms. The van der Waals surface area contributed by atoms with E-state index in [9.17, 15) is 9.59 Å². The van der Waals surface area contributed by atoms with Crippen LogP contribution in [0.4, 0.5) is 0 Å². The fourth-order valence-electron chi connectivity index (χ4n) is 1.11. The summed E-state index contributed by atoms with van der Waals surface area (Å²) < 4.78 is 1.77. The Morgan fingerprint density at radius 3 is 2.88 bits per heavy atom. The van der Waals surface area contributed by atoms with E-state index in [-0.39, 0.29) is 6.54 Å². The molecule has 0 saturated carbocycles. The van der Waals surface area contributed by atoms with E-state index in [0.29, 0.717) is 12.4 Å². The largest absolute Gasteiger partial charge is 0.481 e. The predicted octanol–water partition coefficient (Wildman–Crippen LogP) is -0.365. The van der Waals surface area contributed by atoms with Crippen molar-refractivity contribution in [3.8, 4) is 0 Å². The van der Waals surface area contributed by atoms with Gasteiger partial charge in [-0.3, -0.25) is 9.59 Å². The third kappa shape index (κ3) is 2.78. The van der Waals surface area contributed by atoms with Crippen molar-refractivity contribution in [3.05, 3.63) is 12.2 Å². The van der Waals surface area contributed by atoms with E-state index in [1.54, 1.807) is 10.9 Å². The minimum absolute atomic E-state index is 0.185. The molecule has 1 aromatic rings. The SMILES string of the molecule is CCn1cnnc1CNC(=O)C(C)C(=O)O. The van der Waals surface area contributed by atoms with E-state index in [1.165, 1.54) is 6.92 Å². The van der Waals surface area contributed by atoms with Gasteiger partial charge in [0.2, 0.25) is 5.91 Å². The van der Waals surface area contributed by atoms with E-state index >= 15 is 0 Å². The molecule has 1 atom stereocenters. The fourth-order valence-corrected chi connectivity index (χ4v) is 1.11. The van der Waals surface area contributed by atoms with Gasteiger partial charge in [0.1, 0.15) is 12.2 Å². The highest BCUT2D eigenvalue weighted by atomic mass is 16.4. The molecule has 1 rings (SSSR count). The zero-order valence-electron chi connectivity index (χ0n) is 9.17. The number of aromatic nitrogens is 3. The number of rotatable bonds is 5. The summed E-state index contributed by atoms with van der Waals surface area (Å²) >= 11 is 0. The van der Waals surface area contributed by atoms with Crippen molar-refractivity contribution >= 4 is 11.9 Å². The maximum atomic E-state index is 11.3. The zero-order chi connectivity index (χ0) is 12.1. The number of nitrogens with one attached hydrogen (secondary N) is 1. The molecule has 0 saturated heterocycles. The predicted molar refractivity (Wildman–Crippen MR) is 54.3 cm³/mol. The highest BCUT2D eigenvalue weighted by molar-refractivity contribution is 5.96. The van der Waals surface area contributed by atoms with Gasteiger partial charge in [-0.25, -0.2) is 0 Å². The number of aryl methyl sites for hydroxylation is 1. The van der Waals surface area contributed by atoms with Crippen molar-refractivity contribution in [2.45, 2.75) is 26.9 Å². The van der Waals surface area contributed by atoms with Crippen molar-refractivity contribution in [2.24, 2.45) is 5.92 Å². The molecular formula is C9H14N4O3. The minimum Gasteiger partial charge on any atom is -0.481 e. The number of amides is 1. The smallest absolute Gasteiger partial charge is 0.315 e. The minimum atomic E-state index is -1.14. The monoisotopic (exact) mass is 226 g/mol. The summed E-state index contributed by atoms with van der Waals surface area (Å²) in [5.41, 5.74) is 0. The molecule has 16 heavy (non-hydrogen) atoms. The first kappa shape index (κ1) is 12.2. The Hall–Kier alpha value is -1.92. The average molecular weight is 226 g/mol. The van der Waals surface area contributed by atoms with E-state index < -0.39 is 17.8 Å². The number of carboxylic acid groups (broad SMARTS) is 1. The maximum Gasteiger partial charge on any atom is 0.315 e. The topological polar surface area (TPSA) is 97.1 Å². The van der Waals surface area contributed by atoms with Crippen molar-refractivity contribution in [1.29, 1.82) is 0 Å². The van der Waals surface area contributed by atoms with Crippen LogP contribution in [0, 0.1) is 5.92 Å². The van der Waals surface area contributed by atoms with Gasteiger partial charge >= 0.3 is 5.97 Å². The Labute approximate surface area is 92.5 Å². The van der Waals surface area contributed by atoms with Gasteiger partial charge in [0.25, 0.3) is 0 Å². The molecule has 2 N–H and O–H groups in total. The molecule has 0 aliphatic heterocycles. The van der Waals surface area contributed by atoms with Crippen molar-refractivity contribution in [1.82, 2.24) is 20.1 Å². The molecule has 1 amide bonds. The van der Waals surface area contributed by atoms with Gasteiger partial charge < -0.3 is 15.0 Å². The first-order chi connectivity index (χ1) is 7.56. The second kappa shape index (κ2) is 5.24. The summed E-state index contributed by atoms with van der Waals surface area (Å²) in [6, 6.07) is 0. The lowest BCUT2D eigenvalue weighted by Crippen LogP contribution is -2.33. The third-order valence-electron chi connectivity index (χ3n) is 2.22. The van der Waals surface area contributed by atoms with E-state index in [0.717, 1.165) is 0 Å². The molecule has 0 aliphatic carbocycles. The van der Waals surface area contributed by atoms with Gasteiger partial charge in [0.15, 0.2) is 5.82 Å². The molecule has 0 bridgehead atoms. The van der Waals surface area contributed by atoms with Crippen LogP contribution in [0.25, 0.3) is 0 Å². The lowest BCUT2D eigenvalue weighted by Gasteiger charge is -2.08. The quantitative estimate of drug-likeness (QED) is 0.668. The lowest BCUT2D eigenvalue weighted by atomic mass is 10.2. The Balaban J connectivity index is 2.52. The van der Waals surface area contributed by atoms with Gasteiger partial charge in [0.05, 0.1) is 6.54 Å². The maximum absolute atomic E-state index is 11.3. The van der Waals surface area contributed by atoms with E-state index in [2.05, 4.69) is 15.5 Å². The van der Waals surface area contributed by atoms with Crippen LogP contribution in [-0.4, -0.2) is 31.7 Å². The highest BCUT2D eigenvalue weighted by Gasteiger charge is 2.20. The molecule has 1 unspecified atom stereocenters. The number of hydrogen-bond acceptors (Lipinski definition) is 4. The van der Waals surface area contributed by atoms with E-state index in [4.69, 9.17) is 5.11 Å². The van der Waals surface area contributed by atoms with Gasteiger partial charge in [0, 0.05) is 6.54 Å². The number of carboxylic acids is 1. The molecule has 1 heterocycles. The number of aliphatic carboxylic acids is 1. The summed E-state index contributed by atoms with van der Waals surface area (Å²) in [5.74, 6) is -2.13. The molecule has 88 valence electrons. The Kier molecular flexibility index (Phi) is 3.98. The Morgan fingerprint density at radius 2 is 2.31 bits per heavy atom. The van der Waals surface area contributed by atoms with Crippen LogP contribution in [0.15, 0.2) is 6.33 Å². The molecule has 7 nitrogen and oxygen atoms in total. The van der Waals surface area contributed by atoms with Gasteiger partial charge in [-0.05, 0) is 13.8 Å². The summed E-state index contributed by atoms with van der Waals surface area (Å²) in [7, 11) is 0. The number of carbonyl (C=O) groups excluding carboxylic acids is 1.